The molecule has 17 heavy (non-hydrogen) atoms. The number of aryl methyl sites for hydroxylation is 1. The number of hydrogen-bond donors (Lipinski definition) is 2. The van der Waals surface area contributed by atoms with Gasteiger partial charge in [-0.1, -0.05) is 30.7 Å². The summed E-state index contributed by atoms with van der Waals surface area (Å²) in [6.45, 7) is 7.48. The van der Waals surface area contributed by atoms with Crippen molar-refractivity contribution in [3.63, 3.8) is 0 Å². The van der Waals surface area contributed by atoms with Crippen molar-refractivity contribution in [3.05, 3.63) is 34.3 Å². The fraction of sp³-hybridized carbons (Fsp3) is 0.571. The molecule has 0 heterocycles. The Hall–Kier alpha value is -0.570. The molecule has 0 bridgehead atoms. The number of hydrogen-bond acceptors (Lipinski definition) is 2. The predicted molar refractivity (Wildman–Crippen MR) is 73.7 cm³/mol. The smallest absolute Gasteiger partial charge is 0.0784 e. The second-order valence-corrected chi connectivity index (χ2v) is 5.35. The zero-order valence-electron chi connectivity index (χ0n) is 10.9. The van der Waals surface area contributed by atoms with Gasteiger partial charge >= 0.3 is 0 Å². The SMILES string of the molecule is CCCNCC(C)(O)Cc1ccc(C)cc1Cl. The van der Waals surface area contributed by atoms with Crippen LogP contribution in [-0.2, 0) is 6.42 Å². The number of benzene rings is 1. The number of aliphatic hydroxyl groups is 1. The molecule has 1 rings (SSSR count). The van der Waals surface area contributed by atoms with Gasteiger partial charge in [0.15, 0.2) is 0 Å². The van der Waals surface area contributed by atoms with E-state index in [1.807, 2.05) is 32.0 Å². The van der Waals surface area contributed by atoms with Gasteiger partial charge in [0.25, 0.3) is 0 Å². The quantitative estimate of drug-likeness (QED) is 0.766. The zero-order valence-corrected chi connectivity index (χ0v) is 11.6. The number of rotatable bonds is 6. The Balaban J connectivity index is 2.62. The average Bonchev–Trinajstić information content (AvgIpc) is 2.22. The molecule has 1 aromatic rings. The van der Waals surface area contributed by atoms with Crippen LogP contribution < -0.4 is 5.32 Å². The molecular formula is C14H22ClNO. The minimum absolute atomic E-state index is 0.572. The first kappa shape index (κ1) is 14.5. The van der Waals surface area contributed by atoms with Gasteiger partial charge < -0.3 is 10.4 Å². The number of halogens is 1. The molecule has 0 saturated heterocycles. The van der Waals surface area contributed by atoms with Crippen molar-refractivity contribution in [2.24, 2.45) is 0 Å². The second kappa shape index (κ2) is 6.39. The van der Waals surface area contributed by atoms with Crippen LogP contribution in [-0.4, -0.2) is 23.8 Å². The van der Waals surface area contributed by atoms with E-state index in [2.05, 4.69) is 12.2 Å². The molecule has 3 heteroatoms. The minimum atomic E-state index is -0.756. The Kier molecular flexibility index (Phi) is 5.44. The van der Waals surface area contributed by atoms with Crippen molar-refractivity contribution in [3.8, 4) is 0 Å². The molecule has 0 saturated carbocycles. The van der Waals surface area contributed by atoms with Crippen LogP contribution in [0.1, 0.15) is 31.4 Å². The van der Waals surface area contributed by atoms with E-state index >= 15 is 0 Å². The first-order chi connectivity index (χ1) is 7.94. The first-order valence-electron chi connectivity index (χ1n) is 6.13. The molecule has 0 aliphatic rings. The van der Waals surface area contributed by atoms with Crippen molar-refractivity contribution in [2.45, 2.75) is 39.2 Å². The average molecular weight is 256 g/mol. The highest BCUT2D eigenvalue weighted by atomic mass is 35.5. The largest absolute Gasteiger partial charge is 0.389 e. The lowest BCUT2D eigenvalue weighted by Crippen LogP contribution is -2.40. The molecule has 0 spiro atoms. The van der Waals surface area contributed by atoms with Crippen molar-refractivity contribution < 1.29 is 5.11 Å². The molecule has 0 radical (unpaired) electrons. The van der Waals surface area contributed by atoms with Crippen molar-refractivity contribution in [1.82, 2.24) is 5.32 Å². The van der Waals surface area contributed by atoms with Crippen molar-refractivity contribution >= 4 is 11.6 Å². The third-order valence-electron chi connectivity index (χ3n) is 2.71. The van der Waals surface area contributed by atoms with Gasteiger partial charge in [-0.05, 0) is 44.0 Å². The molecule has 0 fully saturated rings. The van der Waals surface area contributed by atoms with E-state index in [9.17, 15) is 5.11 Å². The van der Waals surface area contributed by atoms with E-state index < -0.39 is 5.60 Å². The maximum atomic E-state index is 10.3. The molecule has 0 amide bonds. The summed E-state index contributed by atoms with van der Waals surface area (Å²) in [6.07, 6.45) is 1.64. The molecule has 1 aromatic carbocycles. The van der Waals surface area contributed by atoms with Crippen LogP contribution in [0.15, 0.2) is 18.2 Å². The lowest BCUT2D eigenvalue weighted by molar-refractivity contribution is 0.0604. The van der Waals surface area contributed by atoms with Crippen LogP contribution in [0.2, 0.25) is 5.02 Å². The van der Waals surface area contributed by atoms with E-state index in [-0.39, 0.29) is 0 Å². The Labute approximate surface area is 109 Å². The van der Waals surface area contributed by atoms with Gasteiger partial charge in [0, 0.05) is 18.0 Å². The molecule has 1 atom stereocenters. The van der Waals surface area contributed by atoms with Crippen LogP contribution in [0.3, 0.4) is 0 Å². The summed E-state index contributed by atoms with van der Waals surface area (Å²) in [7, 11) is 0. The summed E-state index contributed by atoms with van der Waals surface area (Å²) in [5.74, 6) is 0. The molecule has 1 unspecified atom stereocenters. The van der Waals surface area contributed by atoms with Crippen LogP contribution in [0, 0.1) is 6.92 Å². The third-order valence-corrected chi connectivity index (χ3v) is 3.06. The Morgan fingerprint density at radius 1 is 1.41 bits per heavy atom. The van der Waals surface area contributed by atoms with E-state index in [4.69, 9.17) is 11.6 Å². The van der Waals surface area contributed by atoms with Gasteiger partial charge in [-0.25, -0.2) is 0 Å². The van der Waals surface area contributed by atoms with Crippen molar-refractivity contribution in [1.29, 1.82) is 0 Å². The summed E-state index contributed by atoms with van der Waals surface area (Å²) in [5.41, 5.74) is 1.39. The highest BCUT2D eigenvalue weighted by molar-refractivity contribution is 6.31. The van der Waals surface area contributed by atoms with E-state index in [0.29, 0.717) is 13.0 Å². The molecular weight excluding hydrogens is 234 g/mol. The topological polar surface area (TPSA) is 32.3 Å². The van der Waals surface area contributed by atoms with E-state index in [0.717, 1.165) is 29.1 Å². The lowest BCUT2D eigenvalue weighted by Gasteiger charge is -2.24. The molecule has 0 aliphatic carbocycles. The molecule has 0 aliphatic heterocycles. The Morgan fingerprint density at radius 2 is 2.12 bits per heavy atom. The van der Waals surface area contributed by atoms with E-state index in [1.165, 1.54) is 0 Å². The van der Waals surface area contributed by atoms with Gasteiger partial charge in [0.05, 0.1) is 5.60 Å². The van der Waals surface area contributed by atoms with Crippen LogP contribution in [0.5, 0.6) is 0 Å². The highest BCUT2D eigenvalue weighted by Gasteiger charge is 2.21. The monoisotopic (exact) mass is 255 g/mol. The van der Waals surface area contributed by atoms with Gasteiger partial charge in [0.2, 0.25) is 0 Å². The molecule has 2 nitrogen and oxygen atoms in total. The summed E-state index contributed by atoms with van der Waals surface area (Å²) >= 11 is 6.17. The standard InChI is InChI=1S/C14H22ClNO/c1-4-7-16-10-14(3,17)9-12-6-5-11(2)8-13(12)15/h5-6,8,16-17H,4,7,9-10H2,1-3H3. The fourth-order valence-corrected chi connectivity index (χ4v) is 2.10. The highest BCUT2D eigenvalue weighted by Crippen LogP contribution is 2.22. The summed E-state index contributed by atoms with van der Waals surface area (Å²) < 4.78 is 0. The Morgan fingerprint density at radius 3 is 2.71 bits per heavy atom. The number of nitrogens with one attached hydrogen (secondary N) is 1. The Bertz CT molecular complexity index is 363. The van der Waals surface area contributed by atoms with Crippen LogP contribution in [0.25, 0.3) is 0 Å². The van der Waals surface area contributed by atoms with Crippen molar-refractivity contribution in [2.75, 3.05) is 13.1 Å². The summed E-state index contributed by atoms with van der Waals surface area (Å²) in [5, 5.41) is 14.2. The minimum Gasteiger partial charge on any atom is -0.389 e. The molecule has 96 valence electrons. The lowest BCUT2D eigenvalue weighted by atomic mass is 9.96. The zero-order chi connectivity index (χ0) is 12.9. The molecule has 2 N–H and O–H groups in total. The first-order valence-corrected chi connectivity index (χ1v) is 6.50. The van der Waals surface area contributed by atoms with E-state index in [1.54, 1.807) is 0 Å². The van der Waals surface area contributed by atoms with Crippen LogP contribution in [0.4, 0.5) is 0 Å². The maximum Gasteiger partial charge on any atom is 0.0784 e. The summed E-state index contributed by atoms with van der Waals surface area (Å²) in [4.78, 5) is 0. The van der Waals surface area contributed by atoms with Crippen LogP contribution >= 0.6 is 11.6 Å². The van der Waals surface area contributed by atoms with Gasteiger partial charge in [-0.15, -0.1) is 0 Å². The summed E-state index contributed by atoms with van der Waals surface area (Å²) in [6, 6.07) is 5.95. The maximum absolute atomic E-state index is 10.3. The van der Waals surface area contributed by atoms with Gasteiger partial charge in [0.1, 0.15) is 0 Å². The predicted octanol–water partition coefficient (Wildman–Crippen LogP) is 2.94. The second-order valence-electron chi connectivity index (χ2n) is 4.95. The van der Waals surface area contributed by atoms with Gasteiger partial charge in [-0.2, -0.15) is 0 Å². The normalized spacial score (nSPS) is 14.6. The fourth-order valence-electron chi connectivity index (χ4n) is 1.80. The molecule has 0 aromatic heterocycles. The van der Waals surface area contributed by atoms with Gasteiger partial charge in [-0.3, -0.25) is 0 Å². The third kappa shape index (κ3) is 5.07.